The number of thiophene rings is 1. The Morgan fingerprint density at radius 1 is 1.18 bits per heavy atom. The van der Waals surface area contributed by atoms with Gasteiger partial charge in [0, 0.05) is 17.0 Å². The van der Waals surface area contributed by atoms with E-state index in [0.29, 0.717) is 42.8 Å². The Hall–Kier alpha value is -3.37. The molecule has 1 fully saturated rings. The average molecular weight is 563 g/mol. The SMILES string of the molecule is CCC1=C([C@H](O)CC/C(=C/c2ccc(CO)o2)c2ccccn2)[C@H](CO)[C@@H]2C(=O)N(Cc3cccs3)C(=O)[C@@H]2C1. The van der Waals surface area contributed by atoms with Crippen molar-refractivity contribution >= 4 is 34.8 Å². The summed E-state index contributed by atoms with van der Waals surface area (Å²) in [6.45, 7) is 1.71. The first-order valence-corrected chi connectivity index (χ1v) is 14.5. The molecule has 5 rings (SSSR count). The maximum atomic E-state index is 13.5. The summed E-state index contributed by atoms with van der Waals surface area (Å²) in [5.74, 6) is -1.25. The molecule has 1 aliphatic heterocycles. The molecule has 0 aromatic carbocycles. The second-order valence-corrected chi connectivity index (χ2v) is 11.3. The Bertz CT molecular complexity index is 1390. The summed E-state index contributed by atoms with van der Waals surface area (Å²) < 4.78 is 5.66. The third kappa shape index (κ3) is 5.60. The minimum Gasteiger partial charge on any atom is -0.459 e. The highest BCUT2D eigenvalue weighted by molar-refractivity contribution is 7.09. The normalized spacial score (nSPS) is 22.2. The maximum absolute atomic E-state index is 13.5. The summed E-state index contributed by atoms with van der Waals surface area (Å²) in [5.41, 5.74) is 3.21. The van der Waals surface area contributed by atoms with Gasteiger partial charge in [-0.05, 0) is 78.6 Å². The van der Waals surface area contributed by atoms with Crippen molar-refractivity contribution in [3.63, 3.8) is 0 Å². The van der Waals surface area contributed by atoms with Gasteiger partial charge in [0.25, 0.3) is 0 Å². The number of carbonyl (C=O) groups excluding carboxylic acids is 2. The van der Waals surface area contributed by atoms with E-state index >= 15 is 0 Å². The van der Waals surface area contributed by atoms with E-state index in [4.69, 9.17) is 4.42 Å². The highest BCUT2D eigenvalue weighted by Gasteiger charge is 2.54. The van der Waals surface area contributed by atoms with E-state index in [1.807, 2.05) is 48.7 Å². The van der Waals surface area contributed by atoms with Gasteiger partial charge in [0.2, 0.25) is 11.8 Å². The Labute approximate surface area is 237 Å². The van der Waals surface area contributed by atoms with Crippen molar-refractivity contribution < 1.29 is 29.3 Å². The highest BCUT2D eigenvalue weighted by atomic mass is 32.1. The zero-order valence-electron chi connectivity index (χ0n) is 22.4. The van der Waals surface area contributed by atoms with Crippen LogP contribution >= 0.6 is 11.3 Å². The number of rotatable bonds is 11. The number of nitrogens with zero attached hydrogens (tertiary/aromatic N) is 2. The van der Waals surface area contributed by atoms with Crippen LogP contribution in [-0.2, 0) is 22.7 Å². The van der Waals surface area contributed by atoms with Gasteiger partial charge in [-0.25, -0.2) is 0 Å². The molecule has 8 nitrogen and oxygen atoms in total. The molecule has 0 saturated carbocycles. The van der Waals surface area contributed by atoms with Gasteiger partial charge in [-0.1, -0.05) is 24.6 Å². The van der Waals surface area contributed by atoms with Crippen molar-refractivity contribution in [2.24, 2.45) is 17.8 Å². The summed E-state index contributed by atoms with van der Waals surface area (Å²) in [6, 6.07) is 12.9. The van der Waals surface area contributed by atoms with Crippen LogP contribution in [0.4, 0.5) is 0 Å². The molecular weight excluding hydrogens is 528 g/mol. The zero-order chi connectivity index (χ0) is 28.2. The van der Waals surface area contributed by atoms with Gasteiger partial charge in [0.15, 0.2) is 0 Å². The number of hydrogen-bond donors (Lipinski definition) is 3. The van der Waals surface area contributed by atoms with Crippen LogP contribution in [0.15, 0.2) is 69.6 Å². The number of fused-ring (bicyclic) bond motifs is 1. The van der Waals surface area contributed by atoms with Gasteiger partial charge >= 0.3 is 0 Å². The Kier molecular flexibility index (Phi) is 8.75. The van der Waals surface area contributed by atoms with Crippen LogP contribution in [0.2, 0.25) is 0 Å². The third-order valence-corrected chi connectivity index (χ3v) is 8.85. The summed E-state index contributed by atoms with van der Waals surface area (Å²) in [4.78, 5) is 33.6. The number of aliphatic hydroxyl groups excluding tert-OH is 3. The number of furan rings is 1. The smallest absolute Gasteiger partial charge is 0.234 e. The molecule has 4 heterocycles. The van der Waals surface area contributed by atoms with Crippen LogP contribution in [0, 0.1) is 17.8 Å². The third-order valence-electron chi connectivity index (χ3n) is 7.99. The lowest BCUT2D eigenvalue weighted by Crippen LogP contribution is -2.39. The fourth-order valence-corrected chi connectivity index (χ4v) is 6.77. The molecule has 0 radical (unpaired) electrons. The van der Waals surface area contributed by atoms with Gasteiger partial charge in [-0.3, -0.25) is 19.5 Å². The van der Waals surface area contributed by atoms with Crippen molar-refractivity contribution in [2.45, 2.75) is 51.9 Å². The number of allylic oxidation sites excluding steroid dienone is 2. The number of aliphatic hydroxyl groups is 3. The molecular formula is C31H34N2O6S. The molecule has 1 saturated heterocycles. The van der Waals surface area contributed by atoms with Crippen molar-refractivity contribution in [1.29, 1.82) is 0 Å². The molecule has 210 valence electrons. The quantitative estimate of drug-likeness (QED) is 0.233. The van der Waals surface area contributed by atoms with E-state index in [1.54, 1.807) is 18.3 Å². The largest absolute Gasteiger partial charge is 0.459 e. The molecule has 40 heavy (non-hydrogen) atoms. The summed E-state index contributed by atoms with van der Waals surface area (Å²) in [5, 5.41) is 33.3. The number of carbonyl (C=O) groups is 2. The number of hydrogen-bond acceptors (Lipinski definition) is 8. The molecule has 1 aliphatic carbocycles. The first-order chi connectivity index (χ1) is 19.4. The Morgan fingerprint density at radius 3 is 2.67 bits per heavy atom. The molecule has 9 heteroatoms. The Morgan fingerprint density at radius 2 is 2.02 bits per heavy atom. The zero-order valence-corrected chi connectivity index (χ0v) is 23.2. The average Bonchev–Trinajstić information content (AvgIpc) is 3.72. The second-order valence-electron chi connectivity index (χ2n) is 10.3. The fraction of sp³-hybridized carbons (Fsp3) is 0.387. The standard InChI is InChI=1S/C31H34N2O6S/c1-2-19-15-24-29(31(38)33(30(24)37)16-23-6-5-13-40-23)25(18-35)28(19)27(36)11-8-20(26-7-3-4-12-32-26)14-21-9-10-22(17-34)39-21/h3-7,9-10,12-14,24-25,27,29,34-36H,2,8,11,15-18H2,1H3/b20-14-/t24-,25+,27-,29-/m1/s1. The molecule has 3 N–H and O–H groups in total. The van der Waals surface area contributed by atoms with Crippen molar-refractivity contribution in [1.82, 2.24) is 9.88 Å². The van der Waals surface area contributed by atoms with Crippen molar-refractivity contribution in [3.8, 4) is 0 Å². The van der Waals surface area contributed by atoms with Crippen LogP contribution in [-0.4, -0.2) is 49.7 Å². The van der Waals surface area contributed by atoms with E-state index in [9.17, 15) is 24.9 Å². The van der Waals surface area contributed by atoms with Gasteiger partial charge < -0.3 is 19.7 Å². The molecule has 2 amide bonds. The van der Waals surface area contributed by atoms with E-state index in [-0.39, 0.29) is 31.6 Å². The summed E-state index contributed by atoms with van der Waals surface area (Å²) >= 11 is 1.50. The first-order valence-electron chi connectivity index (χ1n) is 13.6. The predicted octanol–water partition coefficient (Wildman–Crippen LogP) is 4.43. The Balaban J connectivity index is 1.39. The molecule has 3 aromatic rings. The second kappa shape index (κ2) is 12.4. The first kappa shape index (κ1) is 28.2. The summed E-state index contributed by atoms with van der Waals surface area (Å²) in [7, 11) is 0. The van der Waals surface area contributed by atoms with Crippen LogP contribution in [0.5, 0.6) is 0 Å². The lowest BCUT2D eigenvalue weighted by Gasteiger charge is -2.36. The minimum absolute atomic E-state index is 0.192. The lowest BCUT2D eigenvalue weighted by molar-refractivity contribution is -0.140. The molecule has 3 aromatic heterocycles. The number of amides is 2. The number of imide groups is 1. The van der Waals surface area contributed by atoms with Gasteiger partial charge in [0.1, 0.15) is 18.1 Å². The van der Waals surface area contributed by atoms with E-state index in [1.165, 1.54) is 16.2 Å². The number of likely N-dealkylation sites (tertiary alicyclic amines) is 1. The lowest BCUT2D eigenvalue weighted by atomic mass is 9.67. The predicted molar refractivity (Wildman–Crippen MR) is 151 cm³/mol. The number of aromatic nitrogens is 1. The minimum atomic E-state index is -0.904. The van der Waals surface area contributed by atoms with Gasteiger partial charge in [0.05, 0.1) is 36.8 Å². The molecule has 0 unspecified atom stereocenters. The molecule has 0 bridgehead atoms. The molecule has 0 spiro atoms. The van der Waals surface area contributed by atoms with E-state index in [0.717, 1.165) is 21.7 Å². The fourth-order valence-electron chi connectivity index (χ4n) is 6.08. The molecule has 4 atom stereocenters. The topological polar surface area (TPSA) is 124 Å². The van der Waals surface area contributed by atoms with Crippen LogP contribution in [0.25, 0.3) is 11.6 Å². The highest BCUT2D eigenvalue weighted by Crippen LogP contribution is 2.47. The van der Waals surface area contributed by atoms with E-state index < -0.39 is 23.9 Å². The maximum Gasteiger partial charge on any atom is 0.234 e. The number of pyridine rings is 1. The monoisotopic (exact) mass is 562 g/mol. The van der Waals surface area contributed by atoms with Crippen LogP contribution in [0.1, 0.15) is 54.7 Å². The van der Waals surface area contributed by atoms with Crippen LogP contribution < -0.4 is 0 Å². The van der Waals surface area contributed by atoms with Crippen molar-refractivity contribution in [2.75, 3.05) is 6.61 Å². The van der Waals surface area contributed by atoms with E-state index in [2.05, 4.69) is 4.98 Å². The summed E-state index contributed by atoms with van der Waals surface area (Å²) in [6.07, 6.45) is 4.48. The molecule has 2 aliphatic rings. The van der Waals surface area contributed by atoms with Gasteiger partial charge in [-0.2, -0.15) is 0 Å². The van der Waals surface area contributed by atoms with Gasteiger partial charge in [-0.15, -0.1) is 11.3 Å². The van der Waals surface area contributed by atoms with Crippen molar-refractivity contribution in [3.05, 3.63) is 87.3 Å². The van der Waals surface area contributed by atoms with Crippen LogP contribution in [0.3, 0.4) is 0 Å².